The molecule has 0 bridgehead atoms. The van der Waals surface area contributed by atoms with Gasteiger partial charge in [-0.15, -0.1) is 4.67 Å². The van der Waals surface area contributed by atoms with E-state index in [9.17, 15) is 9.46 Å². The molecule has 0 aromatic rings. The van der Waals surface area contributed by atoms with Crippen LogP contribution in [-0.2, 0) is 33.8 Å². The van der Waals surface area contributed by atoms with Crippen molar-refractivity contribution < 1.29 is 68.2 Å². The van der Waals surface area contributed by atoms with Crippen molar-refractivity contribution >= 4 is 7.82 Å². The van der Waals surface area contributed by atoms with Crippen LogP contribution in [0.3, 0.4) is 0 Å². The maximum absolute atomic E-state index is 10.4. The van der Waals surface area contributed by atoms with Crippen molar-refractivity contribution in [3.05, 3.63) is 0 Å². The summed E-state index contributed by atoms with van der Waals surface area (Å²) in [4.78, 5) is 14.6. The van der Waals surface area contributed by atoms with Crippen molar-refractivity contribution in [1.29, 1.82) is 0 Å². The Labute approximate surface area is 89.3 Å². The molecule has 1 fully saturated rings. The molecule has 66 valence electrons. The predicted octanol–water partition coefficient (Wildman–Crippen LogP) is -3.77. The summed E-state index contributed by atoms with van der Waals surface area (Å²) in [7, 11) is -4.44. The molecule has 0 aliphatic carbocycles. The number of hydrogen-bond donors (Lipinski definition) is 0. The minimum atomic E-state index is -4.44. The van der Waals surface area contributed by atoms with Crippen LogP contribution >= 0.6 is 7.82 Å². The Bertz CT molecular complexity index is 147. The molecule has 10 heteroatoms. The van der Waals surface area contributed by atoms with E-state index in [1.165, 1.54) is 0 Å². The first kappa shape index (κ1) is 12.9. The van der Waals surface area contributed by atoms with E-state index in [1.54, 1.807) is 0 Å². The topological polar surface area (TPSA) is 95.5 Å². The number of phosphoric ester groups is 1. The van der Waals surface area contributed by atoms with Gasteiger partial charge in [0.15, 0.2) is 0 Å². The second kappa shape index (κ2) is 6.41. The van der Waals surface area contributed by atoms with Gasteiger partial charge in [0.05, 0.1) is 6.61 Å². The molecule has 0 spiro atoms. The van der Waals surface area contributed by atoms with E-state index in [4.69, 9.17) is 0 Å². The molecule has 12 heavy (non-hydrogen) atoms. The Morgan fingerprint density at radius 2 is 1.92 bits per heavy atom. The molecule has 1 unspecified atom stereocenters. The second-order valence-corrected chi connectivity index (χ2v) is 2.68. The molecule has 0 aromatic heterocycles. The van der Waals surface area contributed by atoms with Crippen LogP contribution in [0.5, 0.6) is 0 Å². The zero-order chi connectivity index (χ0) is 8.16. The standard InChI is InChI=1S/C2H5O8P.Na/c3-11(4)6-2-1-5-7-8-9-10-11;/h1-2H2,(H,3,4);/q;+1/p-1. The SMILES string of the molecule is O=P1([O-])OCCOOOOO1.[Na+]. The summed E-state index contributed by atoms with van der Waals surface area (Å²) in [5.41, 5.74) is 0. The van der Waals surface area contributed by atoms with Crippen molar-refractivity contribution in [1.82, 2.24) is 0 Å². The van der Waals surface area contributed by atoms with Crippen molar-refractivity contribution in [2.75, 3.05) is 13.2 Å². The minimum Gasteiger partial charge on any atom is -0.754 e. The minimum absolute atomic E-state index is 0. The third-order valence-electron chi connectivity index (χ3n) is 0.641. The van der Waals surface area contributed by atoms with E-state index in [0.29, 0.717) is 0 Å². The Morgan fingerprint density at radius 1 is 1.17 bits per heavy atom. The number of hydrogen-bond acceptors (Lipinski definition) is 8. The fraction of sp³-hybridized carbons (Fsp3) is 1.00. The molecule has 0 aromatic carbocycles. The van der Waals surface area contributed by atoms with Crippen LogP contribution < -0.4 is 34.5 Å². The van der Waals surface area contributed by atoms with Gasteiger partial charge in [-0.3, -0.25) is 4.57 Å². The molecule has 1 saturated heterocycles. The van der Waals surface area contributed by atoms with Gasteiger partial charge in [0, 0.05) is 0 Å². The molecule has 0 N–H and O–H groups in total. The summed E-state index contributed by atoms with van der Waals surface area (Å²) in [6.07, 6.45) is 0. The smallest absolute Gasteiger partial charge is 0.754 e. The second-order valence-electron chi connectivity index (χ2n) is 1.38. The predicted molar refractivity (Wildman–Crippen MR) is 23.9 cm³/mol. The molecular formula is C2H4NaO8P. The van der Waals surface area contributed by atoms with Gasteiger partial charge in [-0.25, -0.2) is 4.89 Å². The zero-order valence-corrected chi connectivity index (χ0v) is 9.02. The van der Waals surface area contributed by atoms with Crippen LogP contribution in [0.25, 0.3) is 0 Å². The summed E-state index contributed by atoms with van der Waals surface area (Å²) >= 11 is 0. The van der Waals surface area contributed by atoms with Crippen LogP contribution in [0, 0.1) is 0 Å². The van der Waals surface area contributed by atoms with E-state index < -0.39 is 7.82 Å². The van der Waals surface area contributed by atoms with Gasteiger partial charge in [-0.2, -0.15) is 0 Å². The van der Waals surface area contributed by atoms with Crippen molar-refractivity contribution in [3.63, 3.8) is 0 Å². The molecular weight excluding hydrogens is 206 g/mol. The van der Waals surface area contributed by atoms with Crippen LogP contribution in [0.15, 0.2) is 0 Å². The van der Waals surface area contributed by atoms with Gasteiger partial charge in [-0.1, -0.05) is 0 Å². The molecule has 0 radical (unpaired) electrons. The Hall–Kier alpha value is 0.950. The Morgan fingerprint density at radius 3 is 2.67 bits per heavy atom. The van der Waals surface area contributed by atoms with Crippen molar-refractivity contribution in [2.45, 2.75) is 0 Å². The monoisotopic (exact) mass is 210 g/mol. The van der Waals surface area contributed by atoms with Gasteiger partial charge in [0.25, 0.3) is 0 Å². The third-order valence-corrected chi connectivity index (χ3v) is 1.38. The molecule has 0 saturated carbocycles. The number of rotatable bonds is 0. The average Bonchev–Trinajstić information content (AvgIpc) is 2.00. The first-order chi connectivity index (χ1) is 5.21. The fourth-order valence-corrected chi connectivity index (χ4v) is 0.760. The van der Waals surface area contributed by atoms with Gasteiger partial charge >= 0.3 is 37.4 Å². The van der Waals surface area contributed by atoms with Crippen LogP contribution in [-0.4, -0.2) is 13.2 Å². The molecule has 1 rings (SSSR count). The van der Waals surface area contributed by atoms with Crippen molar-refractivity contribution in [2.24, 2.45) is 0 Å². The summed E-state index contributed by atoms with van der Waals surface area (Å²) < 4.78 is 18.2. The van der Waals surface area contributed by atoms with Crippen LogP contribution in [0.2, 0.25) is 0 Å². The van der Waals surface area contributed by atoms with E-state index in [2.05, 4.69) is 29.2 Å². The summed E-state index contributed by atoms with van der Waals surface area (Å²) in [6.45, 7) is -0.369. The first-order valence-electron chi connectivity index (χ1n) is 2.47. The number of phosphoric acid groups is 1. The van der Waals surface area contributed by atoms with Gasteiger partial charge in [-0.05, 0) is 15.1 Å². The largest absolute Gasteiger partial charge is 1.00 e. The molecule has 1 atom stereocenters. The molecule has 1 aliphatic heterocycles. The Kier molecular flexibility index (Phi) is 6.92. The zero-order valence-electron chi connectivity index (χ0n) is 6.13. The summed E-state index contributed by atoms with van der Waals surface area (Å²) in [5.74, 6) is 0. The maximum atomic E-state index is 10.4. The fourth-order valence-electron chi connectivity index (χ4n) is 0.319. The van der Waals surface area contributed by atoms with Gasteiger partial charge in [0.2, 0.25) is 0 Å². The summed E-state index contributed by atoms with van der Waals surface area (Å²) in [5, 5.41) is 10.9. The molecule has 1 heterocycles. The normalized spacial score (nSPS) is 32.4. The van der Waals surface area contributed by atoms with E-state index >= 15 is 0 Å². The Balaban J connectivity index is 0.00000121. The maximum Gasteiger partial charge on any atom is 1.00 e. The molecule has 8 nitrogen and oxygen atoms in total. The first-order valence-corrected chi connectivity index (χ1v) is 3.93. The van der Waals surface area contributed by atoms with Gasteiger partial charge in [0.1, 0.15) is 6.61 Å². The third kappa shape index (κ3) is 5.57. The van der Waals surface area contributed by atoms with Crippen LogP contribution in [0.1, 0.15) is 0 Å². The quantitative estimate of drug-likeness (QED) is 0.228. The van der Waals surface area contributed by atoms with E-state index in [-0.39, 0.29) is 42.8 Å². The van der Waals surface area contributed by atoms with Crippen LogP contribution in [0.4, 0.5) is 0 Å². The van der Waals surface area contributed by atoms with E-state index in [0.717, 1.165) is 0 Å². The molecule has 0 amide bonds. The van der Waals surface area contributed by atoms with Crippen molar-refractivity contribution in [3.8, 4) is 0 Å². The van der Waals surface area contributed by atoms with E-state index in [1.807, 2.05) is 0 Å². The average molecular weight is 210 g/mol. The molecule has 1 aliphatic rings. The van der Waals surface area contributed by atoms with Gasteiger partial charge < -0.3 is 9.42 Å². The summed E-state index contributed by atoms with van der Waals surface area (Å²) in [6, 6.07) is 0.